The van der Waals surface area contributed by atoms with E-state index < -0.39 is 0 Å². The smallest absolute Gasteiger partial charge is 0.0929 e. The van der Waals surface area contributed by atoms with Crippen molar-refractivity contribution in [2.45, 2.75) is 31.7 Å². The van der Waals surface area contributed by atoms with Gasteiger partial charge in [-0.05, 0) is 31.5 Å². The fourth-order valence-electron chi connectivity index (χ4n) is 2.48. The molecule has 3 rings (SSSR count). The molecule has 88 valence electrons. The molecule has 1 unspecified atom stereocenters. The van der Waals surface area contributed by atoms with Crippen LogP contribution in [0.1, 0.15) is 25.0 Å². The van der Waals surface area contributed by atoms with Crippen LogP contribution in [0.15, 0.2) is 30.3 Å². The van der Waals surface area contributed by atoms with E-state index in [9.17, 15) is 0 Å². The number of aromatic nitrogens is 2. The maximum Gasteiger partial charge on any atom is 0.0929 e. The number of benzene rings is 1. The third-order valence-corrected chi connectivity index (χ3v) is 3.41. The third kappa shape index (κ3) is 2.44. The molecule has 17 heavy (non-hydrogen) atoms. The molecule has 1 saturated heterocycles. The summed E-state index contributed by atoms with van der Waals surface area (Å²) in [5.41, 5.74) is 2.08. The number of rotatable bonds is 2. The van der Waals surface area contributed by atoms with Gasteiger partial charge in [0.05, 0.1) is 11.2 Å². The van der Waals surface area contributed by atoms with Crippen molar-refractivity contribution in [1.82, 2.24) is 15.5 Å². The molecule has 0 spiro atoms. The minimum Gasteiger partial charge on any atom is -0.314 e. The van der Waals surface area contributed by atoms with E-state index in [4.69, 9.17) is 0 Å². The topological polar surface area (TPSA) is 37.8 Å². The van der Waals surface area contributed by atoms with Gasteiger partial charge in [-0.15, -0.1) is 0 Å². The average molecular weight is 227 g/mol. The highest BCUT2D eigenvalue weighted by atomic mass is 15.1. The van der Waals surface area contributed by atoms with Crippen LogP contribution in [0.3, 0.4) is 0 Å². The van der Waals surface area contributed by atoms with E-state index in [0.717, 1.165) is 24.2 Å². The summed E-state index contributed by atoms with van der Waals surface area (Å²) in [4.78, 5) is 0. The summed E-state index contributed by atoms with van der Waals surface area (Å²) in [5.74, 6) is 0. The lowest BCUT2D eigenvalue weighted by atomic mass is 10.00. The van der Waals surface area contributed by atoms with Crippen LogP contribution >= 0.6 is 0 Å². The van der Waals surface area contributed by atoms with Gasteiger partial charge in [0.25, 0.3) is 0 Å². The van der Waals surface area contributed by atoms with E-state index in [1.165, 1.54) is 24.6 Å². The van der Waals surface area contributed by atoms with E-state index in [0.29, 0.717) is 6.04 Å². The van der Waals surface area contributed by atoms with Crippen LogP contribution in [0.4, 0.5) is 0 Å². The van der Waals surface area contributed by atoms with Gasteiger partial charge >= 0.3 is 0 Å². The summed E-state index contributed by atoms with van der Waals surface area (Å²) < 4.78 is 0. The molecular weight excluding hydrogens is 210 g/mol. The summed E-state index contributed by atoms with van der Waals surface area (Å²) in [5, 5.41) is 13.3. The van der Waals surface area contributed by atoms with E-state index in [1.54, 1.807) is 0 Å². The van der Waals surface area contributed by atoms with E-state index in [1.807, 2.05) is 18.2 Å². The van der Waals surface area contributed by atoms with Gasteiger partial charge in [-0.3, -0.25) is 0 Å². The maximum absolute atomic E-state index is 4.31. The third-order valence-electron chi connectivity index (χ3n) is 3.41. The minimum atomic E-state index is 0.583. The fraction of sp³-hybridized carbons (Fsp3) is 0.429. The van der Waals surface area contributed by atoms with Crippen LogP contribution in [0.2, 0.25) is 0 Å². The first kappa shape index (κ1) is 10.7. The second-order valence-corrected chi connectivity index (χ2v) is 4.75. The van der Waals surface area contributed by atoms with Gasteiger partial charge in [-0.1, -0.05) is 24.6 Å². The van der Waals surface area contributed by atoms with Gasteiger partial charge < -0.3 is 5.32 Å². The second kappa shape index (κ2) is 4.80. The Balaban J connectivity index is 1.80. The monoisotopic (exact) mass is 227 g/mol. The Morgan fingerprint density at radius 2 is 2.12 bits per heavy atom. The lowest BCUT2D eigenvalue weighted by molar-refractivity contribution is 0.396. The quantitative estimate of drug-likeness (QED) is 0.855. The number of hydrogen-bond acceptors (Lipinski definition) is 3. The SMILES string of the molecule is c1ccc2nnc(CC3CCCCN3)cc2c1. The molecule has 0 radical (unpaired) electrons. The first-order valence-corrected chi connectivity index (χ1v) is 6.36. The van der Waals surface area contributed by atoms with Crippen LogP contribution in [0.25, 0.3) is 10.9 Å². The molecule has 1 aromatic carbocycles. The van der Waals surface area contributed by atoms with Crippen LogP contribution in [-0.2, 0) is 6.42 Å². The first-order valence-electron chi connectivity index (χ1n) is 6.36. The van der Waals surface area contributed by atoms with Gasteiger partial charge in [0.15, 0.2) is 0 Å². The molecule has 1 aromatic heterocycles. The van der Waals surface area contributed by atoms with Crippen molar-refractivity contribution in [3.8, 4) is 0 Å². The molecule has 1 N–H and O–H groups in total. The highest BCUT2D eigenvalue weighted by Gasteiger charge is 2.13. The van der Waals surface area contributed by atoms with E-state index in [2.05, 4.69) is 27.6 Å². The Labute approximate surface area is 101 Å². The van der Waals surface area contributed by atoms with Crippen LogP contribution in [0, 0.1) is 0 Å². The van der Waals surface area contributed by atoms with Gasteiger partial charge in [0.2, 0.25) is 0 Å². The molecule has 1 aliphatic rings. The van der Waals surface area contributed by atoms with Crippen molar-refractivity contribution in [2.75, 3.05) is 6.54 Å². The lowest BCUT2D eigenvalue weighted by Crippen LogP contribution is -2.35. The Bertz CT molecular complexity index is 504. The predicted octanol–water partition coefficient (Wildman–Crippen LogP) is 2.31. The number of fused-ring (bicyclic) bond motifs is 1. The summed E-state index contributed by atoms with van der Waals surface area (Å²) in [6.45, 7) is 1.14. The minimum absolute atomic E-state index is 0.583. The summed E-state index contributed by atoms with van der Waals surface area (Å²) in [7, 11) is 0. The molecule has 0 bridgehead atoms. The molecule has 0 amide bonds. The number of nitrogens with one attached hydrogen (secondary N) is 1. The predicted molar refractivity (Wildman–Crippen MR) is 68.9 cm³/mol. The average Bonchev–Trinajstić information content (AvgIpc) is 2.40. The van der Waals surface area contributed by atoms with Crippen molar-refractivity contribution in [3.05, 3.63) is 36.0 Å². The highest BCUT2D eigenvalue weighted by Crippen LogP contribution is 2.15. The van der Waals surface area contributed by atoms with Crippen molar-refractivity contribution in [1.29, 1.82) is 0 Å². The zero-order valence-corrected chi connectivity index (χ0v) is 9.89. The Morgan fingerprint density at radius 3 is 3.00 bits per heavy atom. The summed E-state index contributed by atoms with van der Waals surface area (Å²) >= 11 is 0. The van der Waals surface area contributed by atoms with Crippen LogP contribution in [0.5, 0.6) is 0 Å². The summed E-state index contributed by atoms with van der Waals surface area (Å²) in [6, 6.07) is 10.9. The van der Waals surface area contributed by atoms with Crippen LogP contribution < -0.4 is 5.32 Å². The second-order valence-electron chi connectivity index (χ2n) is 4.75. The zero-order chi connectivity index (χ0) is 11.5. The fourth-order valence-corrected chi connectivity index (χ4v) is 2.48. The molecule has 2 aromatic rings. The molecule has 0 aliphatic carbocycles. The largest absolute Gasteiger partial charge is 0.314 e. The zero-order valence-electron chi connectivity index (χ0n) is 9.89. The van der Waals surface area contributed by atoms with Crippen molar-refractivity contribution < 1.29 is 0 Å². The molecule has 0 saturated carbocycles. The van der Waals surface area contributed by atoms with Gasteiger partial charge in [0, 0.05) is 17.8 Å². The standard InChI is InChI=1S/C14H17N3/c1-2-7-14-11(5-1)9-13(16-17-14)10-12-6-3-4-8-15-12/h1-2,5,7,9,12,15H,3-4,6,8,10H2. The highest BCUT2D eigenvalue weighted by molar-refractivity contribution is 5.77. The normalized spacial score (nSPS) is 20.6. The van der Waals surface area contributed by atoms with Crippen molar-refractivity contribution >= 4 is 10.9 Å². The van der Waals surface area contributed by atoms with Crippen LogP contribution in [-0.4, -0.2) is 22.8 Å². The van der Waals surface area contributed by atoms with Gasteiger partial charge in [0.1, 0.15) is 0 Å². The van der Waals surface area contributed by atoms with E-state index >= 15 is 0 Å². The van der Waals surface area contributed by atoms with Gasteiger partial charge in [-0.2, -0.15) is 10.2 Å². The van der Waals surface area contributed by atoms with Crippen molar-refractivity contribution in [3.63, 3.8) is 0 Å². The first-order chi connectivity index (χ1) is 8.42. The molecule has 1 atom stereocenters. The Morgan fingerprint density at radius 1 is 1.18 bits per heavy atom. The Kier molecular flexibility index (Phi) is 3.01. The summed E-state index contributed by atoms with van der Waals surface area (Å²) in [6.07, 6.45) is 4.89. The molecule has 1 fully saturated rings. The molecule has 1 aliphatic heterocycles. The lowest BCUT2D eigenvalue weighted by Gasteiger charge is -2.22. The molecule has 3 nitrogen and oxygen atoms in total. The number of hydrogen-bond donors (Lipinski definition) is 1. The number of piperidine rings is 1. The van der Waals surface area contributed by atoms with Gasteiger partial charge in [-0.25, -0.2) is 0 Å². The maximum atomic E-state index is 4.31. The van der Waals surface area contributed by atoms with Crippen molar-refractivity contribution in [2.24, 2.45) is 0 Å². The number of nitrogens with zero attached hydrogens (tertiary/aromatic N) is 2. The van der Waals surface area contributed by atoms with E-state index in [-0.39, 0.29) is 0 Å². The Hall–Kier alpha value is -1.48. The molecule has 3 heteroatoms. The molecular formula is C14H17N3. The molecule has 2 heterocycles.